The van der Waals surface area contributed by atoms with E-state index < -0.39 is 0 Å². The van der Waals surface area contributed by atoms with Crippen LogP contribution >= 0.6 is 11.8 Å². The van der Waals surface area contributed by atoms with E-state index in [9.17, 15) is 0 Å². The van der Waals surface area contributed by atoms with Crippen LogP contribution in [0, 0.1) is 6.92 Å². The van der Waals surface area contributed by atoms with Crippen LogP contribution < -0.4 is 0 Å². The fourth-order valence-corrected chi connectivity index (χ4v) is 0.991. The third-order valence-corrected chi connectivity index (χ3v) is 1.73. The molecule has 0 saturated heterocycles. The lowest BCUT2D eigenvalue weighted by Crippen LogP contribution is -1.97. The normalized spacial score (nSPS) is 10.0. The van der Waals surface area contributed by atoms with Crippen molar-refractivity contribution in [2.75, 3.05) is 24.7 Å². The molecule has 0 aliphatic carbocycles. The monoisotopic (exact) mass is 147 g/mol. The van der Waals surface area contributed by atoms with E-state index in [4.69, 9.17) is 4.74 Å². The molecule has 0 rings (SSSR count). The molecule has 0 aromatic heterocycles. The molecule has 0 unspecified atom stereocenters. The molecule has 0 bridgehead atoms. The molecule has 2 heteroatoms. The third kappa shape index (κ3) is 8.31. The second kappa shape index (κ2) is 8.31. The molecule has 0 fully saturated rings. The minimum Gasteiger partial charge on any atom is -0.381 e. The van der Waals surface area contributed by atoms with Crippen molar-refractivity contribution >= 4 is 11.8 Å². The summed E-state index contributed by atoms with van der Waals surface area (Å²) in [5, 5.41) is 0. The van der Waals surface area contributed by atoms with Crippen molar-refractivity contribution in [3.05, 3.63) is 6.92 Å². The van der Waals surface area contributed by atoms with E-state index in [1.807, 2.05) is 11.8 Å². The van der Waals surface area contributed by atoms with Crippen LogP contribution in [-0.4, -0.2) is 24.7 Å². The van der Waals surface area contributed by atoms with Gasteiger partial charge in [0, 0.05) is 12.4 Å². The standard InChI is InChI=1S/C7H15OS/c1-3-5-8-6-7-9-4-2/h1,3-7H2,2H3. The molecule has 0 amide bonds. The average molecular weight is 147 g/mol. The Morgan fingerprint density at radius 2 is 2.22 bits per heavy atom. The first kappa shape index (κ1) is 9.31. The molecule has 0 aliphatic rings. The van der Waals surface area contributed by atoms with Crippen molar-refractivity contribution in [2.24, 2.45) is 0 Å². The molecule has 1 nitrogen and oxygen atoms in total. The first-order valence-corrected chi connectivity index (χ1v) is 4.52. The van der Waals surface area contributed by atoms with Gasteiger partial charge >= 0.3 is 0 Å². The Hall–Kier alpha value is 0.310. The summed E-state index contributed by atoms with van der Waals surface area (Å²) >= 11 is 1.91. The highest BCUT2D eigenvalue weighted by molar-refractivity contribution is 7.99. The molecule has 0 atom stereocenters. The van der Waals surface area contributed by atoms with Gasteiger partial charge in [0.2, 0.25) is 0 Å². The maximum Gasteiger partial charge on any atom is 0.0556 e. The maximum atomic E-state index is 5.20. The van der Waals surface area contributed by atoms with Crippen LogP contribution in [-0.2, 0) is 4.74 Å². The van der Waals surface area contributed by atoms with E-state index in [1.165, 1.54) is 5.75 Å². The van der Waals surface area contributed by atoms with Crippen LogP contribution in [0.1, 0.15) is 13.3 Å². The second-order valence-electron chi connectivity index (χ2n) is 1.66. The van der Waals surface area contributed by atoms with E-state index >= 15 is 0 Å². The predicted octanol–water partition coefficient (Wildman–Crippen LogP) is 1.98. The van der Waals surface area contributed by atoms with Crippen molar-refractivity contribution in [1.29, 1.82) is 0 Å². The average Bonchev–Trinajstić information content (AvgIpc) is 1.89. The van der Waals surface area contributed by atoms with E-state index in [0.717, 1.165) is 25.4 Å². The topological polar surface area (TPSA) is 9.23 Å². The Balaban J connectivity index is 2.60. The zero-order valence-corrected chi connectivity index (χ0v) is 6.88. The van der Waals surface area contributed by atoms with Gasteiger partial charge < -0.3 is 4.74 Å². The van der Waals surface area contributed by atoms with Crippen LogP contribution in [0.4, 0.5) is 0 Å². The summed E-state index contributed by atoms with van der Waals surface area (Å²) in [6.45, 7) is 7.52. The van der Waals surface area contributed by atoms with Gasteiger partial charge in [0.1, 0.15) is 0 Å². The lowest BCUT2D eigenvalue weighted by Gasteiger charge is -1.99. The Bertz CT molecular complexity index is 42.2. The zero-order chi connectivity index (χ0) is 6.95. The molecule has 0 aromatic rings. The van der Waals surface area contributed by atoms with Crippen LogP contribution in [0.15, 0.2) is 0 Å². The highest BCUT2D eigenvalue weighted by atomic mass is 32.2. The van der Waals surface area contributed by atoms with Crippen molar-refractivity contribution in [1.82, 2.24) is 0 Å². The van der Waals surface area contributed by atoms with Gasteiger partial charge in [-0.2, -0.15) is 11.8 Å². The molecule has 0 spiro atoms. The summed E-state index contributed by atoms with van der Waals surface area (Å²) in [7, 11) is 0. The number of rotatable bonds is 6. The minimum absolute atomic E-state index is 0.810. The Morgan fingerprint density at radius 3 is 2.78 bits per heavy atom. The van der Waals surface area contributed by atoms with Gasteiger partial charge in [0.15, 0.2) is 0 Å². The van der Waals surface area contributed by atoms with Gasteiger partial charge in [0.25, 0.3) is 0 Å². The van der Waals surface area contributed by atoms with Gasteiger partial charge in [-0.15, -0.1) is 0 Å². The SMILES string of the molecule is [CH2]CCOCCSCC. The molecular weight excluding hydrogens is 132 g/mol. The first-order valence-electron chi connectivity index (χ1n) is 3.36. The lowest BCUT2D eigenvalue weighted by atomic mass is 10.5. The van der Waals surface area contributed by atoms with Crippen molar-refractivity contribution in [3.63, 3.8) is 0 Å². The molecule has 0 N–H and O–H groups in total. The zero-order valence-electron chi connectivity index (χ0n) is 6.06. The molecular formula is C7H15OS. The Labute approximate surface area is 62.2 Å². The highest BCUT2D eigenvalue weighted by Gasteiger charge is 1.84. The molecule has 9 heavy (non-hydrogen) atoms. The summed E-state index contributed by atoms with van der Waals surface area (Å²) < 4.78 is 5.20. The smallest absolute Gasteiger partial charge is 0.0556 e. The van der Waals surface area contributed by atoms with Gasteiger partial charge in [-0.3, -0.25) is 0 Å². The van der Waals surface area contributed by atoms with Gasteiger partial charge in [0.05, 0.1) is 6.61 Å². The molecule has 55 valence electrons. The maximum absolute atomic E-state index is 5.20. The van der Waals surface area contributed by atoms with Gasteiger partial charge in [-0.05, 0) is 12.2 Å². The molecule has 0 heterocycles. The highest BCUT2D eigenvalue weighted by Crippen LogP contribution is 1.96. The largest absolute Gasteiger partial charge is 0.381 e. The van der Waals surface area contributed by atoms with E-state index in [0.29, 0.717) is 0 Å². The number of hydrogen-bond donors (Lipinski definition) is 0. The van der Waals surface area contributed by atoms with E-state index in [-0.39, 0.29) is 0 Å². The van der Waals surface area contributed by atoms with Crippen LogP contribution in [0.5, 0.6) is 0 Å². The van der Waals surface area contributed by atoms with Crippen LogP contribution in [0.25, 0.3) is 0 Å². The summed E-state index contributed by atoms with van der Waals surface area (Å²) in [4.78, 5) is 0. The predicted molar refractivity (Wildman–Crippen MR) is 43.8 cm³/mol. The summed E-state index contributed by atoms with van der Waals surface area (Å²) in [6, 6.07) is 0. The molecule has 0 saturated carbocycles. The van der Waals surface area contributed by atoms with E-state index in [2.05, 4.69) is 13.8 Å². The number of ether oxygens (including phenoxy) is 1. The van der Waals surface area contributed by atoms with Crippen molar-refractivity contribution < 1.29 is 4.74 Å². The minimum atomic E-state index is 0.810. The second-order valence-corrected chi connectivity index (χ2v) is 3.06. The Morgan fingerprint density at radius 1 is 1.44 bits per heavy atom. The van der Waals surface area contributed by atoms with Gasteiger partial charge in [-0.25, -0.2) is 0 Å². The molecule has 1 radical (unpaired) electrons. The fourth-order valence-electron chi connectivity index (χ4n) is 0.466. The Kier molecular flexibility index (Phi) is 8.60. The van der Waals surface area contributed by atoms with Crippen molar-refractivity contribution in [3.8, 4) is 0 Å². The first-order chi connectivity index (χ1) is 4.41. The lowest BCUT2D eigenvalue weighted by molar-refractivity contribution is 0.154. The molecule has 0 aliphatic heterocycles. The van der Waals surface area contributed by atoms with Gasteiger partial charge in [-0.1, -0.05) is 13.8 Å². The molecule has 0 aromatic carbocycles. The fraction of sp³-hybridized carbons (Fsp3) is 0.857. The van der Waals surface area contributed by atoms with E-state index in [1.54, 1.807) is 0 Å². The van der Waals surface area contributed by atoms with Crippen molar-refractivity contribution in [2.45, 2.75) is 13.3 Å². The van der Waals surface area contributed by atoms with Crippen LogP contribution in [0.2, 0.25) is 0 Å². The summed E-state index contributed by atoms with van der Waals surface area (Å²) in [5.74, 6) is 2.31. The quantitative estimate of drug-likeness (QED) is 0.531. The number of thioether (sulfide) groups is 1. The van der Waals surface area contributed by atoms with Crippen LogP contribution in [0.3, 0.4) is 0 Å². The summed E-state index contributed by atoms with van der Waals surface area (Å²) in [6.07, 6.45) is 0.886. The third-order valence-electron chi connectivity index (χ3n) is 0.865. The number of hydrogen-bond acceptors (Lipinski definition) is 2. The summed E-state index contributed by atoms with van der Waals surface area (Å²) in [5.41, 5.74) is 0.